The predicted octanol–water partition coefficient (Wildman–Crippen LogP) is -1.19. The number of hydrazine groups is 1. The van der Waals surface area contributed by atoms with E-state index in [1.54, 1.807) is 6.07 Å². The summed E-state index contributed by atoms with van der Waals surface area (Å²) in [5, 5.41) is 3.29. The average molecular weight is 305 g/mol. The number of piperazine rings is 1. The molecule has 0 aliphatic carbocycles. The Kier molecular flexibility index (Phi) is 4.12. The molecule has 1 aromatic carbocycles. The molecule has 2 amide bonds. The van der Waals surface area contributed by atoms with Gasteiger partial charge in [0.25, 0.3) is 11.8 Å². The van der Waals surface area contributed by atoms with Gasteiger partial charge in [-0.1, -0.05) is 6.07 Å². The quantitative estimate of drug-likeness (QED) is 0.369. The van der Waals surface area contributed by atoms with Crippen LogP contribution in [0.3, 0.4) is 0 Å². The average Bonchev–Trinajstić information content (AvgIpc) is 2.57. The molecule has 1 saturated heterocycles. The lowest BCUT2D eigenvalue weighted by Gasteiger charge is -2.36. The van der Waals surface area contributed by atoms with Crippen LogP contribution in [0.1, 0.15) is 0 Å². The number of fused-ring (bicyclic) bond motifs is 1. The molecular weight excluding hydrogens is 286 g/mol. The molecule has 1 fully saturated rings. The first-order valence-electron chi connectivity index (χ1n) is 7.22. The first kappa shape index (κ1) is 14.6. The Morgan fingerprint density at radius 3 is 2.86 bits per heavy atom. The molecule has 8 nitrogen and oxygen atoms in total. The maximum Gasteiger partial charge on any atom is 0.265 e. The molecule has 0 bridgehead atoms. The molecule has 118 valence electrons. The molecule has 2 aliphatic rings. The van der Waals surface area contributed by atoms with Crippen molar-refractivity contribution in [2.75, 3.05) is 49.1 Å². The van der Waals surface area contributed by atoms with Crippen molar-refractivity contribution in [1.82, 2.24) is 10.7 Å². The Morgan fingerprint density at radius 2 is 2.14 bits per heavy atom. The van der Waals surface area contributed by atoms with E-state index < -0.39 is 5.91 Å². The van der Waals surface area contributed by atoms with Crippen molar-refractivity contribution in [2.45, 2.75) is 0 Å². The number of carbonyl (C=O) groups is 2. The topological polar surface area (TPSA) is 99.9 Å². The molecule has 1 aromatic rings. The van der Waals surface area contributed by atoms with Crippen molar-refractivity contribution in [2.24, 2.45) is 5.84 Å². The van der Waals surface area contributed by atoms with Gasteiger partial charge >= 0.3 is 0 Å². The van der Waals surface area contributed by atoms with Crippen LogP contribution in [0.15, 0.2) is 18.2 Å². The van der Waals surface area contributed by atoms with Gasteiger partial charge in [0, 0.05) is 26.2 Å². The van der Waals surface area contributed by atoms with Crippen LogP contribution in [-0.2, 0) is 9.59 Å². The van der Waals surface area contributed by atoms with Gasteiger partial charge in [-0.05, 0) is 12.1 Å². The second-order valence-corrected chi connectivity index (χ2v) is 5.20. The molecule has 2 aliphatic heterocycles. The third-order valence-electron chi connectivity index (χ3n) is 3.82. The molecule has 3 rings (SSSR count). The Hall–Kier alpha value is -2.32. The normalized spacial score (nSPS) is 17.8. The van der Waals surface area contributed by atoms with Crippen LogP contribution in [0.25, 0.3) is 0 Å². The number of para-hydroxylation sites is 1. The standard InChI is InChI=1S/C14H19N5O3/c15-17-12(20)8-19-13(21)9-22-11-3-1-2-10(14(11)19)18-6-4-16-5-7-18/h1-3,16H,4-9,15H2,(H,17,20). The largest absolute Gasteiger partial charge is 0.481 e. The third-order valence-corrected chi connectivity index (χ3v) is 3.82. The number of nitrogens with two attached hydrogens (primary N) is 1. The van der Waals surface area contributed by atoms with Crippen molar-refractivity contribution in [3.05, 3.63) is 18.2 Å². The number of anilines is 2. The van der Waals surface area contributed by atoms with Gasteiger partial charge in [0.1, 0.15) is 18.0 Å². The molecule has 0 spiro atoms. The molecule has 8 heteroatoms. The maximum atomic E-state index is 12.2. The Morgan fingerprint density at radius 1 is 1.36 bits per heavy atom. The predicted molar refractivity (Wildman–Crippen MR) is 81.7 cm³/mol. The van der Waals surface area contributed by atoms with Crippen LogP contribution in [0, 0.1) is 0 Å². The van der Waals surface area contributed by atoms with Gasteiger partial charge in [0.05, 0.1) is 5.69 Å². The Bertz CT molecular complexity index is 586. The number of carbonyl (C=O) groups excluding carboxylic acids is 2. The van der Waals surface area contributed by atoms with E-state index in [1.165, 1.54) is 4.90 Å². The molecule has 22 heavy (non-hydrogen) atoms. The highest BCUT2D eigenvalue weighted by Gasteiger charge is 2.31. The lowest BCUT2D eigenvalue weighted by Crippen LogP contribution is -2.48. The minimum Gasteiger partial charge on any atom is -0.481 e. The molecule has 4 N–H and O–H groups in total. The molecule has 0 aromatic heterocycles. The van der Waals surface area contributed by atoms with E-state index in [1.807, 2.05) is 12.1 Å². The zero-order valence-corrected chi connectivity index (χ0v) is 12.2. The van der Waals surface area contributed by atoms with Crippen molar-refractivity contribution < 1.29 is 14.3 Å². The van der Waals surface area contributed by atoms with Crippen LogP contribution in [0.4, 0.5) is 11.4 Å². The van der Waals surface area contributed by atoms with Crippen LogP contribution in [0.5, 0.6) is 5.75 Å². The number of benzene rings is 1. The number of rotatable bonds is 3. The van der Waals surface area contributed by atoms with Gasteiger partial charge in [0.2, 0.25) is 0 Å². The lowest BCUT2D eigenvalue weighted by atomic mass is 10.1. The minimum absolute atomic E-state index is 0.0736. The summed E-state index contributed by atoms with van der Waals surface area (Å²) in [6, 6.07) is 5.65. The maximum absolute atomic E-state index is 12.2. The van der Waals surface area contributed by atoms with Crippen LogP contribution in [-0.4, -0.2) is 51.1 Å². The third kappa shape index (κ3) is 2.70. The van der Waals surface area contributed by atoms with Gasteiger partial charge in [-0.15, -0.1) is 0 Å². The highest BCUT2D eigenvalue weighted by atomic mass is 16.5. The van der Waals surface area contributed by atoms with Gasteiger partial charge < -0.3 is 15.0 Å². The van der Waals surface area contributed by atoms with Crippen LogP contribution < -0.4 is 31.1 Å². The Balaban J connectivity index is 1.99. The van der Waals surface area contributed by atoms with E-state index in [9.17, 15) is 9.59 Å². The number of nitrogens with zero attached hydrogens (tertiary/aromatic N) is 2. The van der Waals surface area contributed by atoms with Crippen molar-refractivity contribution in [1.29, 1.82) is 0 Å². The van der Waals surface area contributed by atoms with Gasteiger partial charge in [0.15, 0.2) is 6.61 Å². The summed E-state index contributed by atoms with van der Waals surface area (Å²) >= 11 is 0. The van der Waals surface area contributed by atoms with Crippen molar-refractivity contribution >= 4 is 23.2 Å². The zero-order valence-electron chi connectivity index (χ0n) is 12.2. The molecule has 0 atom stereocenters. The highest BCUT2D eigenvalue weighted by Crippen LogP contribution is 2.40. The molecule has 0 radical (unpaired) electrons. The fourth-order valence-electron chi connectivity index (χ4n) is 2.76. The summed E-state index contributed by atoms with van der Waals surface area (Å²) in [5.41, 5.74) is 3.61. The monoisotopic (exact) mass is 305 g/mol. The van der Waals surface area contributed by atoms with E-state index in [4.69, 9.17) is 10.6 Å². The molecule has 2 heterocycles. The number of ether oxygens (including phenoxy) is 1. The summed E-state index contributed by atoms with van der Waals surface area (Å²) in [6.45, 7) is 3.23. The molecule has 0 unspecified atom stereocenters. The zero-order chi connectivity index (χ0) is 15.5. The smallest absolute Gasteiger partial charge is 0.265 e. The highest BCUT2D eigenvalue weighted by molar-refractivity contribution is 6.05. The summed E-state index contributed by atoms with van der Waals surface area (Å²) in [5.74, 6) is 5.09. The summed E-state index contributed by atoms with van der Waals surface area (Å²) < 4.78 is 5.52. The van der Waals surface area contributed by atoms with E-state index in [-0.39, 0.29) is 19.1 Å². The second-order valence-electron chi connectivity index (χ2n) is 5.20. The number of nitrogens with one attached hydrogen (secondary N) is 2. The van der Waals surface area contributed by atoms with E-state index >= 15 is 0 Å². The summed E-state index contributed by atoms with van der Waals surface area (Å²) in [6.07, 6.45) is 0. The fraction of sp³-hybridized carbons (Fsp3) is 0.429. The summed E-state index contributed by atoms with van der Waals surface area (Å²) in [4.78, 5) is 27.4. The SMILES string of the molecule is NNC(=O)CN1C(=O)COc2cccc(N3CCNCC3)c21. The van der Waals surface area contributed by atoms with Crippen LogP contribution >= 0.6 is 0 Å². The van der Waals surface area contributed by atoms with Crippen molar-refractivity contribution in [3.8, 4) is 5.75 Å². The van der Waals surface area contributed by atoms with Crippen molar-refractivity contribution in [3.63, 3.8) is 0 Å². The van der Waals surface area contributed by atoms with E-state index in [0.717, 1.165) is 31.9 Å². The number of hydrogen-bond donors (Lipinski definition) is 3. The van der Waals surface area contributed by atoms with Gasteiger partial charge in [-0.2, -0.15) is 0 Å². The first-order valence-corrected chi connectivity index (χ1v) is 7.22. The van der Waals surface area contributed by atoms with E-state index in [0.29, 0.717) is 11.4 Å². The fourth-order valence-corrected chi connectivity index (χ4v) is 2.76. The van der Waals surface area contributed by atoms with E-state index in [2.05, 4.69) is 15.6 Å². The lowest BCUT2D eigenvalue weighted by molar-refractivity contribution is -0.125. The molecule has 0 saturated carbocycles. The minimum atomic E-state index is -0.420. The summed E-state index contributed by atoms with van der Waals surface area (Å²) in [7, 11) is 0. The Labute approximate surface area is 128 Å². The van der Waals surface area contributed by atoms with Crippen LogP contribution in [0.2, 0.25) is 0 Å². The first-order chi connectivity index (χ1) is 10.7. The molecular formula is C14H19N5O3. The second kappa shape index (κ2) is 6.20. The van der Waals surface area contributed by atoms with Gasteiger partial charge in [-0.25, -0.2) is 5.84 Å². The van der Waals surface area contributed by atoms with Gasteiger partial charge in [-0.3, -0.25) is 19.9 Å². The number of amides is 2. The number of hydrogen-bond acceptors (Lipinski definition) is 6.